The molecule has 31 heavy (non-hydrogen) atoms. The number of pyridine rings is 1. The highest BCUT2D eigenvalue weighted by atomic mass is 32.2. The van der Waals surface area contributed by atoms with Crippen molar-refractivity contribution in [2.24, 2.45) is 0 Å². The van der Waals surface area contributed by atoms with Crippen molar-refractivity contribution in [1.82, 2.24) is 19.5 Å². The topological polar surface area (TPSA) is 116 Å². The van der Waals surface area contributed by atoms with Crippen LogP contribution in [0.5, 0.6) is 0 Å². The van der Waals surface area contributed by atoms with Crippen molar-refractivity contribution in [3.63, 3.8) is 0 Å². The number of hydrogen-bond donors (Lipinski definition) is 1. The molecule has 0 atom stereocenters. The third-order valence-electron chi connectivity index (χ3n) is 4.72. The number of hydrogen-bond acceptors (Lipinski definition) is 6. The monoisotopic (exact) mass is 440 g/mol. The SMILES string of the molecule is O=C(NCCCn1nc2ccccn2c1=O)c1occc1CS(=O)(=O)c1ccccc1. The number of aryl methyl sites for hydroxylation is 1. The van der Waals surface area contributed by atoms with E-state index in [9.17, 15) is 18.0 Å². The summed E-state index contributed by atoms with van der Waals surface area (Å²) in [4.78, 5) is 24.9. The third-order valence-corrected chi connectivity index (χ3v) is 6.40. The predicted octanol–water partition coefficient (Wildman–Crippen LogP) is 1.88. The van der Waals surface area contributed by atoms with E-state index in [0.29, 0.717) is 18.6 Å². The summed E-state index contributed by atoms with van der Waals surface area (Å²) in [7, 11) is -3.61. The fourth-order valence-electron chi connectivity index (χ4n) is 3.19. The molecule has 0 radical (unpaired) electrons. The van der Waals surface area contributed by atoms with Gasteiger partial charge in [0.05, 0.1) is 16.9 Å². The lowest BCUT2D eigenvalue weighted by molar-refractivity contribution is 0.0924. The van der Waals surface area contributed by atoms with Crippen molar-refractivity contribution in [2.45, 2.75) is 23.6 Å². The Balaban J connectivity index is 1.36. The van der Waals surface area contributed by atoms with Crippen LogP contribution < -0.4 is 11.0 Å². The molecule has 3 heterocycles. The molecular formula is C21H20N4O5S. The Bertz CT molecular complexity index is 1370. The number of furan rings is 1. The van der Waals surface area contributed by atoms with Crippen LogP contribution in [0.25, 0.3) is 5.65 Å². The van der Waals surface area contributed by atoms with Crippen LogP contribution in [0.15, 0.2) is 81.2 Å². The Labute approximate surface area is 177 Å². The third kappa shape index (κ3) is 4.43. The van der Waals surface area contributed by atoms with Crippen molar-refractivity contribution < 1.29 is 17.6 Å². The van der Waals surface area contributed by atoms with Crippen LogP contribution in [-0.2, 0) is 22.1 Å². The van der Waals surface area contributed by atoms with Crippen LogP contribution in [0.1, 0.15) is 22.5 Å². The van der Waals surface area contributed by atoms with Crippen LogP contribution >= 0.6 is 0 Å². The van der Waals surface area contributed by atoms with Crippen LogP contribution in [0.3, 0.4) is 0 Å². The normalized spacial score (nSPS) is 11.6. The number of carbonyl (C=O) groups excluding carboxylic acids is 1. The Morgan fingerprint density at radius 1 is 1.06 bits per heavy atom. The molecule has 0 bridgehead atoms. The van der Waals surface area contributed by atoms with Gasteiger partial charge in [-0.3, -0.25) is 9.20 Å². The molecule has 4 aromatic rings. The Hall–Kier alpha value is -3.66. The number of fused-ring (bicyclic) bond motifs is 1. The van der Waals surface area contributed by atoms with Gasteiger partial charge < -0.3 is 9.73 Å². The van der Waals surface area contributed by atoms with E-state index >= 15 is 0 Å². The summed E-state index contributed by atoms with van der Waals surface area (Å²) in [6, 6.07) is 14.8. The number of aromatic nitrogens is 3. The molecule has 9 nitrogen and oxygen atoms in total. The molecule has 4 rings (SSSR count). The number of amides is 1. The van der Waals surface area contributed by atoms with Gasteiger partial charge in [-0.05, 0) is 36.8 Å². The first kappa shape index (κ1) is 20.6. The molecule has 1 amide bonds. The lowest BCUT2D eigenvalue weighted by Gasteiger charge is -2.06. The summed E-state index contributed by atoms with van der Waals surface area (Å²) in [5.41, 5.74) is 0.593. The number of nitrogens with zero attached hydrogens (tertiary/aromatic N) is 3. The number of rotatable bonds is 8. The first-order chi connectivity index (χ1) is 15.0. The highest BCUT2D eigenvalue weighted by Gasteiger charge is 2.22. The lowest BCUT2D eigenvalue weighted by atomic mass is 10.2. The molecule has 160 valence electrons. The van der Waals surface area contributed by atoms with Gasteiger partial charge in [-0.2, -0.15) is 0 Å². The molecule has 1 N–H and O–H groups in total. The second-order valence-electron chi connectivity index (χ2n) is 6.89. The lowest BCUT2D eigenvalue weighted by Crippen LogP contribution is -2.28. The molecule has 0 fully saturated rings. The van der Waals surface area contributed by atoms with Gasteiger partial charge in [-0.1, -0.05) is 24.3 Å². The standard InChI is InChI=1S/C21H20N4O5S/c26-20(22-11-6-13-25-21(27)24-12-5-4-9-18(24)23-25)19-16(10-14-30-19)15-31(28,29)17-7-2-1-3-8-17/h1-5,7-10,12,14H,6,11,13,15H2,(H,22,26). The number of nitrogens with one attached hydrogen (secondary N) is 1. The van der Waals surface area contributed by atoms with Crippen molar-refractivity contribution >= 4 is 21.4 Å². The molecule has 0 aliphatic carbocycles. The number of sulfone groups is 1. The van der Waals surface area contributed by atoms with Gasteiger partial charge in [0.25, 0.3) is 5.91 Å². The summed E-state index contributed by atoms with van der Waals surface area (Å²) in [6.45, 7) is 0.596. The Kier molecular flexibility index (Phi) is 5.72. The highest BCUT2D eigenvalue weighted by Crippen LogP contribution is 2.19. The summed E-state index contributed by atoms with van der Waals surface area (Å²) >= 11 is 0. The minimum atomic E-state index is -3.61. The fraction of sp³-hybridized carbons (Fsp3) is 0.190. The summed E-state index contributed by atoms with van der Waals surface area (Å²) < 4.78 is 33.2. The van der Waals surface area contributed by atoms with E-state index in [0.717, 1.165) is 0 Å². The van der Waals surface area contributed by atoms with Crippen LogP contribution in [0.4, 0.5) is 0 Å². The van der Waals surface area contributed by atoms with Gasteiger partial charge >= 0.3 is 5.69 Å². The zero-order valence-corrected chi connectivity index (χ0v) is 17.3. The molecular weight excluding hydrogens is 420 g/mol. The minimum Gasteiger partial charge on any atom is -0.459 e. The van der Waals surface area contributed by atoms with Crippen LogP contribution in [-0.4, -0.2) is 35.1 Å². The van der Waals surface area contributed by atoms with Crippen molar-refractivity contribution in [3.05, 3.63) is 88.9 Å². The molecule has 3 aromatic heterocycles. The van der Waals surface area contributed by atoms with Gasteiger partial charge in [0.15, 0.2) is 21.2 Å². The molecule has 0 unspecified atom stereocenters. The largest absolute Gasteiger partial charge is 0.459 e. The first-order valence-electron chi connectivity index (χ1n) is 9.62. The fourth-order valence-corrected chi connectivity index (χ4v) is 4.56. The Morgan fingerprint density at radius 3 is 2.61 bits per heavy atom. The molecule has 0 aliphatic heterocycles. The van der Waals surface area contributed by atoms with Crippen LogP contribution in [0, 0.1) is 0 Å². The van der Waals surface area contributed by atoms with Gasteiger partial charge in [0.2, 0.25) is 0 Å². The van der Waals surface area contributed by atoms with Crippen molar-refractivity contribution in [2.75, 3.05) is 6.54 Å². The molecule has 0 saturated carbocycles. The maximum absolute atomic E-state index is 12.6. The smallest absolute Gasteiger partial charge is 0.350 e. The number of benzene rings is 1. The second-order valence-corrected chi connectivity index (χ2v) is 8.88. The quantitative estimate of drug-likeness (QED) is 0.418. The first-order valence-corrected chi connectivity index (χ1v) is 11.3. The van der Waals surface area contributed by atoms with Gasteiger partial charge in [0.1, 0.15) is 0 Å². The summed E-state index contributed by atoms with van der Waals surface area (Å²) in [6.07, 6.45) is 3.40. The van der Waals surface area contributed by atoms with E-state index < -0.39 is 15.7 Å². The summed E-state index contributed by atoms with van der Waals surface area (Å²) in [5.74, 6) is -0.887. The molecule has 10 heteroatoms. The van der Waals surface area contributed by atoms with Crippen LogP contribution in [0.2, 0.25) is 0 Å². The zero-order chi connectivity index (χ0) is 21.8. The van der Waals surface area contributed by atoms with E-state index in [1.807, 2.05) is 0 Å². The maximum Gasteiger partial charge on any atom is 0.350 e. The molecule has 0 spiro atoms. The zero-order valence-electron chi connectivity index (χ0n) is 16.5. The average molecular weight is 440 g/mol. The van der Waals surface area contributed by atoms with Gasteiger partial charge in [-0.25, -0.2) is 17.9 Å². The average Bonchev–Trinajstić information content (AvgIpc) is 3.36. The minimum absolute atomic E-state index is 0.0376. The highest BCUT2D eigenvalue weighted by molar-refractivity contribution is 7.90. The van der Waals surface area contributed by atoms with E-state index in [1.165, 1.54) is 33.5 Å². The Morgan fingerprint density at radius 2 is 1.84 bits per heavy atom. The van der Waals surface area contributed by atoms with E-state index in [-0.39, 0.29) is 34.2 Å². The van der Waals surface area contributed by atoms with Crippen molar-refractivity contribution in [1.29, 1.82) is 0 Å². The second kappa shape index (κ2) is 8.60. The van der Waals surface area contributed by atoms with Gasteiger partial charge in [-0.15, -0.1) is 5.10 Å². The molecule has 0 aliphatic rings. The van der Waals surface area contributed by atoms with E-state index in [1.54, 1.807) is 42.6 Å². The number of carbonyl (C=O) groups is 1. The van der Waals surface area contributed by atoms with Crippen molar-refractivity contribution in [3.8, 4) is 0 Å². The van der Waals surface area contributed by atoms with E-state index in [2.05, 4.69) is 10.4 Å². The maximum atomic E-state index is 12.6. The molecule has 1 aromatic carbocycles. The summed E-state index contributed by atoms with van der Waals surface area (Å²) in [5, 5.41) is 6.93. The van der Waals surface area contributed by atoms with E-state index in [4.69, 9.17) is 4.42 Å². The predicted molar refractivity (Wildman–Crippen MR) is 112 cm³/mol. The molecule has 0 saturated heterocycles. The van der Waals surface area contributed by atoms with Gasteiger partial charge in [0, 0.05) is 24.8 Å².